The monoisotopic (exact) mass is 553 g/mol. The van der Waals surface area contributed by atoms with Gasteiger partial charge < -0.3 is 16.6 Å². The maximum atomic E-state index is 13.0. The number of nitrogens with zero attached hydrogens (tertiary/aromatic N) is 3. The molecule has 0 aliphatic rings. The Morgan fingerprint density at radius 2 is 1.63 bits per heavy atom. The number of hydrogen-bond donors (Lipinski definition) is 3. The number of carbonyl (C=O) groups excluding carboxylic acids is 2. The highest BCUT2D eigenvalue weighted by Crippen LogP contribution is 2.37. The van der Waals surface area contributed by atoms with Gasteiger partial charge in [-0.15, -0.1) is 0 Å². The molecular weight excluding hydrogens is 514 g/mol. The van der Waals surface area contributed by atoms with Crippen LogP contribution in [0, 0.1) is 5.92 Å². The Labute approximate surface area is 241 Å². The van der Waals surface area contributed by atoms with Gasteiger partial charge in [0.25, 0.3) is 0 Å². The van der Waals surface area contributed by atoms with Crippen LogP contribution in [0.2, 0.25) is 0 Å². The van der Waals surface area contributed by atoms with Gasteiger partial charge in [0.05, 0.1) is 11.4 Å². The van der Waals surface area contributed by atoms with Crippen molar-refractivity contribution in [3.63, 3.8) is 0 Å². The Morgan fingerprint density at radius 3 is 2.22 bits per heavy atom. The molecule has 2 atom stereocenters. The van der Waals surface area contributed by atoms with Gasteiger partial charge in [0.1, 0.15) is 11.4 Å². The average Bonchev–Trinajstić information content (AvgIpc) is 3.38. The van der Waals surface area contributed by atoms with Gasteiger partial charge in [0.2, 0.25) is 11.8 Å². The minimum atomic E-state index is -0.530. The molecule has 8 nitrogen and oxygen atoms in total. The van der Waals surface area contributed by atoms with Gasteiger partial charge in [-0.1, -0.05) is 51.1 Å². The smallest absolute Gasteiger partial charge is 0.221 e. The maximum absolute atomic E-state index is 13.0. The fraction of sp³-hybridized carbons (Fsp3) is 0.333. The number of benzene rings is 2. The van der Waals surface area contributed by atoms with Crippen molar-refractivity contribution in [1.82, 2.24) is 14.8 Å². The number of rotatable bonds is 12. The Hall–Kier alpha value is -4.46. The molecule has 0 fully saturated rings. The number of amides is 2. The molecule has 2 unspecified atom stereocenters. The van der Waals surface area contributed by atoms with E-state index >= 15 is 0 Å². The molecule has 2 aromatic heterocycles. The lowest BCUT2D eigenvalue weighted by Crippen LogP contribution is -2.31. The summed E-state index contributed by atoms with van der Waals surface area (Å²) in [6.45, 7) is 6.50. The molecule has 2 amide bonds. The molecule has 0 aliphatic heterocycles. The lowest BCUT2D eigenvalue weighted by atomic mass is 9.80. The molecule has 5 N–H and O–H groups in total. The summed E-state index contributed by atoms with van der Waals surface area (Å²) in [4.78, 5) is 29.2. The molecule has 2 aromatic carbocycles. The van der Waals surface area contributed by atoms with Crippen LogP contribution in [-0.4, -0.2) is 31.7 Å². The van der Waals surface area contributed by atoms with Crippen LogP contribution in [0.3, 0.4) is 0 Å². The first kappa shape index (κ1) is 29.5. The van der Waals surface area contributed by atoms with Gasteiger partial charge in [0.15, 0.2) is 0 Å². The fourth-order valence-corrected chi connectivity index (χ4v) is 5.19. The molecule has 0 radical (unpaired) electrons. The Morgan fingerprint density at radius 1 is 0.927 bits per heavy atom. The summed E-state index contributed by atoms with van der Waals surface area (Å²) in [5, 5.41) is 14.6. The second-order valence-corrected chi connectivity index (χ2v) is 11.6. The Balaban J connectivity index is 1.79. The quantitative estimate of drug-likeness (QED) is 0.215. The molecule has 0 bridgehead atoms. The molecule has 0 saturated heterocycles. The summed E-state index contributed by atoms with van der Waals surface area (Å²) in [5.74, 6) is -1.46. The lowest BCUT2D eigenvalue weighted by molar-refractivity contribution is -0.122. The van der Waals surface area contributed by atoms with E-state index in [1.807, 2.05) is 53.2 Å². The SMILES string of the molecule is CC(C)(C)c1ccc(-n2nc(-c3ccccn3)cc2C(CCCC(N)=O)C(CCc2ccc(O)cc2)C(N)=O)cc1. The van der Waals surface area contributed by atoms with Crippen molar-refractivity contribution in [3.05, 3.63) is 95.8 Å². The third kappa shape index (κ3) is 7.60. The highest BCUT2D eigenvalue weighted by Gasteiger charge is 2.32. The number of phenolic OH excluding ortho intramolecular Hbond substituents is 1. The number of aromatic hydroxyl groups is 1. The van der Waals surface area contributed by atoms with Crippen molar-refractivity contribution in [2.24, 2.45) is 17.4 Å². The zero-order chi connectivity index (χ0) is 29.6. The van der Waals surface area contributed by atoms with Crippen molar-refractivity contribution in [2.75, 3.05) is 0 Å². The summed E-state index contributed by atoms with van der Waals surface area (Å²) in [5.41, 5.74) is 16.8. The summed E-state index contributed by atoms with van der Waals surface area (Å²) < 4.78 is 1.88. The largest absolute Gasteiger partial charge is 0.508 e. The van der Waals surface area contributed by atoms with Crippen LogP contribution >= 0.6 is 0 Å². The number of aryl methyl sites for hydroxylation is 1. The molecule has 2 heterocycles. The number of pyridine rings is 1. The maximum Gasteiger partial charge on any atom is 0.221 e. The van der Waals surface area contributed by atoms with Crippen LogP contribution in [0.4, 0.5) is 0 Å². The highest BCUT2D eigenvalue weighted by atomic mass is 16.3. The third-order valence-corrected chi connectivity index (χ3v) is 7.49. The summed E-state index contributed by atoms with van der Waals surface area (Å²) in [6.07, 6.45) is 4.06. The van der Waals surface area contributed by atoms with Crippen LogP contribution in [0.1, 0.15) is 69.2 Å². The van der Waals surface area contributed by atoms with Gasteiger partial charge in [-0.25, -0.2) is 4.68 Å². The van der Waals surface area contributed by atoms with Crippen molar-refractivity contribution in [2.45, 2.75) is 64.2 Å². The van der Waals surface area contributed by atoms with Crippen LogP contribution in [0.25, 0.3) is 17.1 Å². The second-order valence-electron chi connectivity index (χ2n) is 11.6. The van der Waals surface area contributed by atoms with Gasteiger partial charge in [-0.05, 0) is 84.7 Å². The van der Waals surface area contributed by atoms with E-state index in [0.29, 0.717) is 31.4 Å². The Bertz CT molecular complexity index is 1460. The first-order chi connectivity index (χ1) is 19.5. The van der Waals surface area contributed by atoms with Gasteiger partial charge in [0, 0.05) is 30.1 Å². The summed E-state index contributed by atoms with van der Waals surface area (Å²) in [6, 6.07) is 22.9. The van der Waals surface area contributed by atoms with E-state index < -0.39 is 11.8 Å². The van der Waals surface area contributed by atoms with E-state index in [4.69, 9.17) is 16.6 Å². The zero-order valence-electron chi connectivity index (χ0n) is 24.0. The normalized spacial score (nSPS) is 13.0. The molecule has 0 spiro atoms. The standard InChI is InChI=1S/C33H39N5O3/c1-33(2,3)23-13-15-24(16-14-23)38-30(21-29(37-38)28-8-4-5-20-36-28)26(7-6-9-31(34)40)27(32(35)41)19-12-22-10-17-25(39)18-11-22/h4-5,8,10-11,13-18,20-21,26-27,39H,6-7,9,12,19H2,1-3H3,(H2,34,40)(H2,35,41). The molecule has 41 heavy (non-hydrogen) atoms. The van der Waals surface area contributed by atoms with Crippen molar-refractivity contribution < 1.29 is 14.7 Å². The fourth-order valence-electron chi connectivity index (χ4n) is 5.19. The predicted molar refractivity (Wildman–Crippen MR) is 160 cm³/mol. The van der Waals surface area contributed by atoms with Crippen molar-refractivity contribution in [1.29, 1.82) is 0 Å². The molecule has 4 rings (SSSR count). The zero-order valence-corrected chi connectivity index (χ0v) is 24.0. The van der Waals surface area contributed by atoms with E-state index in [1.165, 1.54) is 5.56 Å². The first-order valence-corrected chi connectivity index (χ1v) is 14.0. The van der Waals surface area contributed by atoms with Gasteiger partial charge in [-0.3, -0.25) is 14.6 Å². The minimum absolute atomic E-state index is 0.00676. The average molecular weight is 554 g/mol. The number of primary amides is 2. The highest BCUT2D eigenvalue weighted by molar-refractivity contribution is 5.78. The summed E-state index contributed by atoms with van der Waals surface area (Å²) >= 11 is 0. The van der Waals surface area contributed by atoms with Gasteiger partial charge >= 0.3 is 0 Å². The number of carbonyl (C=O) groups is 2. The first-order valence-electron chi connectivity index (χ1n) is 14.0. The molecule has 8 heteroatoms. The van der Waals surface area contributed by atoms with E-state index in [-0.39, 0.29) is 29.4 Å². The number of nitrogens with two attached hydrogens (primary N) is 2. The molecule has 214 valence electrons. The second kappa shape index (κ2) is 12.8. The van der Waals surface area contributed by atoms with Crippen LogP contribution < -0.4 is 11.5 Å². The molecule has 0 aliphatic carbocycles. The van der Waals surface area contributed by atoms with E-state index in [1.54, 1.807) is 18.3 Å². The van der Waals surface area contributed by atoms with Crippen molar-refractivity contribution in [3.8, 4) is 22.8 Å². The van der Waals surface area contributed by atoms with E-state index in [9.17, 15) is 14.7 Å². The van der Waals surface area contributed by atoms with Crippen LogP contribution in [0.15, 0.2) is 79.0 Å². The third-order valence-electron chi connectivity index (χ3n) is 7.49. The number of phenols is 1. The topological polar surface area (TPSA) is 137 Å². The molecule has 0 saturated carbocycles. The van der Waals surface area contributed by atoms with E-state index in [0.717, 1.165) is 22.6 Å². The lowest BCUT2D eigenvalue weighted by Gasteiger charge is -2.26. The summed E-state index contributed by atoms with van der Waals surface area (Å²) in [7, 11) is 0. The molecular formula is C33H39N5O3. The van der Waals surface area contributed by atoms with Crippen molar-refractivity contribution >= 4 is 11.8 Å². The predicted octanol–water partition coefficient (Wildman–Crippen LogP) is 5.41. The van der Waals surface area contributed by atoms with Gasteiger partial charge in [-0.2, -0.15) is 5.10 Å². The Kier molecular flexibility index (Phi) is 9.22. The minimum Gasteiger partial charge on any atom is -0.508 e. The number of hydrogen-bond acceptors (Lipinski definition) is 5. The van der Waals surface area contributed by atoms with Crippen LogP contribution in [0.5, 0.6) is 5.75 Å². The molecule has 4 aromatic rings. The number of aromatic nitrogens is 3. The van der Waals surface area contributed by atoms with E-state index in [2.05, 4.69) is 37.9 Å². The van der Waals surface area contributed by atoms with Crippen LogP contribution in [-0.2, 0) is 21.4 Å².